The maximum absolute atomic E-state index is 4.45. The highest BCUT2D eigenvalue weighted by atomic mass is 15.3. The molecule has 102 valence electrons. The van der Waals surface area contributed by atoms with Gasteiger partial charge in [-0.1, -0.05) is 0 Å². The highest BCUT2D eigenvalue weighted by molar-refractivity contribution is 5.23. The minimum Gasteiger partial charge on any atom is -0.311 e. The monoisotopic (exact) mass is 250 g/mol. The molecule has 1 aromatic heterocycles. The minimum absolute atomic E-state index is 0.643. The molecule has 1 unspecified atom stereocenters. The van der Waals surface area contributed by atoms with Crippen molar-refractivity contribution in [3.8, 4) is 0 Å². The Labute approximate surface area is 110 Å². The van der Waals surface area contributed by atoms with E-state index in [2.05, 4.69) is 36.1 Å². The molecule has 0 amide bonds. The van der Waals surface area contributed by atoms with Crippen molar-refractivity contribution in [3.63, 3.8) is 0 Å². The molecule has 1 saturated heterocycles. The molecule has 0 bridgehead atoms. The van der Waals surface area contributed by atoms with Gasteiger partial charge in [-0.3, -0.25) is 9.58 Å². The summed E-state index contributed by atoms with van der Waals surface area (Å²) in [5, 5.41) is 8.03. The van der Waals surface area contributed by atoms with E-state index in [-0.39, 0.29) is 0 Å². The first-order valence-corrected chi connectivity index (χ1v) is 7.03. The summed E-state index contributed by atoms with van der Waals surface area (Å²) >= 11 is 0. The molecular formula is C14H26N4. The number of likely N-dealkylation sites (tertiary alicyclic amines) is 1. The van der Waals surface area contributed by atoms with Crippen LogP contribution < -0.4 is 5.32 Å². The lowest BCUT2D eigenvalue weighted by Gasteiger charge is -2.24. The standard InChI is InChI=1S/C14H26N4/c1-11(18-7-5-6-8-18)9-15-10-14-12(2)16-17(4)13(14)3/h11,15H,5-10H2,1-4H3. The largest absolute Gasteiger partial charge is 0.311 e. The maximum atomic E-state index is 4.45. The average molecular weight is 250 g/mol. The fraction of sp³-hybridized carbons (Fsp3) is 0.786. The van der Waals surface area contributed by atoms with Gasteiger partial charge in [-0.05, 0) is 46.7 Å². The SMILES string of the molecule is Cc1nn(C)c(C)c1CNCC(C)N1CCCC1. The summed E-state index contributed by atoms with van der Waals surface area (Å²) in [4.78, 5) is 2.58. The molecule has 1 atom stereocenters. The van der Waals surface area contributed by atoms with Crippen LogP contribution in [-0.4, -0.2) is 40.4 Å². The Hall–Kier alpha value is -0.870. The highest BCUT2D eigenvalue weighted by Crippen LogP contribution is 2.13. The van der Waals surface area contributed by atoms with Crippen molar-refractivity contribution in [1.29, 1.82) is 0 Å². The summed E-state index contributed by atoms with van der Waals surface area (Å²) in [6.45, 7) is 11.1. The van der Waals surface area contributed by atoms with Gasteiger partial charge in [0, 0.05) is 37.4 Å². The Morgan fingerprint density at radius 2 is 1.94 bits per heavy atom. The molecule has 2 heterocycles. The summed E-state index contributed by atoms with van der Waals surface area (Å²) in [5.41, 5.74) is 3.77. The van der Waals surface area contributed by atoms with Gasteiger partial charge in [0.15, 0.2) is 0 Å². The van der Waals surface area contributed by atoms with E-state index >= 15 is 0 Å². The van der Waals surface area contributed by atoms with Crippen LogP contribution >= 0.6 is 0 Å². The Kier molecular flexibility index (Phi) is 4.40. The summed E-state index contributed by atoms with van der Waals surface area (Å²) in [5.74, 6) is 0. The van der Waals surface area contributed by atoms with E-state index in [1.807, 2.05) is 11.7 Å². The number of aromatic nitrogens is 2. The van der Waals surface area contributed by atoms with Gasteiger partial charge in [0.2, 0.25) is 0 Å². The van der Waals surface area contributed by atoms with Gasteiger partial charge in [-0.15, -0.1) is 0 Å². The predicted octanol–water partition coefficient (Wildman–Crippen LogP) is 1.61. The smallest absolute Gasteiger partial charge is 0.0641 e. The van der Waals surface area contributed by atoms with Gasteiger partial charge >= 0.3 is 0 Å². The predicted molar refractivity (Wildman–Crippen MR) is 74.7 cm³/mol. The van der Waals surface area contributed by atoms with Crippen LogP contribution in [0, 0.1) is 13.8 Å². The summed E-state index contributed by atoms with van der Waals surface area (Å²) < 4.78 is 1.97. The first-order chi connectivity index (χ1) is 8.59. The minimum atomic E-state index is 0.643. The van der Waals surface area contributed by atoms with Crippen LogP contribution in [0.1, 0.15) is 36.7 Å². The van der Waals surface area contributed by atoms with E-state index < -0.39 is 0 Å². The lowest BCUT2D eigenvalue weighted by Crippen LogP contribution is -2.38. The third kappa shape index (κ3) is 2.93. The highest BCUT2D eigenvalue weighted by Gasteiger charge is 2.17. The third-order valence-corrected chi connectivity index (χ3v) is 4.16. The Morgan fingerprint density at radius 1 is 1.28 bits per heavy atom. The van der Waals surface area contributed by atoms with Gasteiger partial charge in [-0.25, -0.2) is 0 Å². The lowest BCUT2D eigenvalue weighted by molar-refractivity contribution is 0.251. The molecule has 4 heteroatoms. The zero-order valence-corrected chi connectivity index (χ0v) is 12.2. The van der Waals surface area contributed by atoms with E-state index in [0.29, 0.717) is 6.04 Å². The van der Waals surface area contributed by atoms with Crippen molar-refractivity contribution >= 4 is 0 Å². The van der Waals surface area contributed by atoms with E-state index in [1.165, 1.54) is 37.2 Å². The maximum Gasteiger partial charge on any atom is 0.0641 e. The Balaban J connectivity index is 1.81. The number of hydrogen-bond acceptors (Lipinski definition) is 3. The van der Waals surface area contributed by atoms with Crippen LogP contribution in [0.5, 0.6) is 0 Å². The topological polar surface area (TPSA) is 33.1 Å². The second-order valence-electron chi connectivity index (χ2n) is 5.50. The molecule has 1 N–H and O–H groups in total. The molecule has 0 saturated carbocycles. The van der Waals surface area contributed by atoms with E-state index in [9.17, 15) is 0 Å². The molecule has 1 aliphatic rings. The Morgan fingerprint density at radius 3 is 2.50 bits per heavy atom. The quantitative estimate of drug-likeness (QED) is 0.862. The van der Waals surface area contributed by atoms with Crippen LogP contribution in [0.2, 0.25) is 0 Å². The average Bonchev–Trinajstić information content (AvgIpc) is 2.93. The van der Waals surface area contributed by atoms with Gasteiger partial charge in [0.1, 0.15) is 0 Å². The summed E-state index contributed by atoms with van der Waals surface area (Å²) in [7, 11) is 2.01. The van der Waals surface area contributed by atoms with Crippen LogP contribution in [0.15, 0.2) is 0 Å². The van der Waals surface area contributed by atoms with Crippen molar-refractivity contribution in [2.24, 2.45) is 7.05 Å². The van der Waals surface area contributed by atoms with Gasteiger partial charge in [0.05, 0.1) is 5.69 Å². The molecule has 0 radical (unpaired) electrons. The van der Waals surface area contributed by atoms with Gasteiger partial charge in [-0.2, -0.15) is 5.10 Å². The number of hydrogen-bond donors (Lipinski definition) is 1. The number of rotatable bonds is 5. The molecule has 0 aromatic carbocycles. The molecule has 1 aliphatic heterocycles. The molecular weight excluding hydrogens is 224 g/mol. The third-order valence-electron chi connectivity index (χ3n) is 4.16. The van der Waals surface area contributed by atoms with E-state index in [1.54, 1.807) is 0 Å². The zero-order valence-electron chi connectivity index (χ0n) is 12.2. The number of aryl methyl sites for hydroxylation is 2. The number of nitrogens with one attached hydrogen (secondary N) is 1. The first kappa shape index (κ1) is 13.6. The van der Waals surface area contributed by atoms with Gasteiger partial charge in [0.25, 0.3) is 0 Å². The van der Waals surface area contributed by atoms with Crippen molar-refractivity contribution in [3.05, 3.63) is 17.0 Å². The Bertz CT molecular complexity index is 391. The lowest BCUT2D eigenvalue weighted by atomic mass is 10.2. The van der Waals surface area contributed by atoms with Crippen LogP contribution in [0.25, 0.3) is 0 Å². The van der Waals surface area contributed by atoms with Gasteiger partial charge < -0.3 is 5.32 Å². The normalized spacial score (nSPS) is 18.4. The first-order valence-electron chi connectivity index (χ1n) is 7.03. The van der Waals surface area contributed by atoms with Crippen LogP contribution in [0.4, 0.5) is 0 Å². The van der Waals surface area contributed by atoms with Crippen molar-refractivity contribution in [2.45, 2.75) is 46.2 Å². The molecule has 4 nitrogen and oxygen atoms in total. The fourth-order valence-corrected chi connectivity index (χ4v) is 2.79. The molecule has 1 fully saturated rings. The van der Waals surface area contributed by atoms with Crippen molar-refractivity contribution < 1.29 is 0 Å². The summed E-state index contributed by atoms with van der Waals surface area (Å²) in [6, 6.07) is 0.643. The molecule has 18 heavy (non-hydrogen) atoms. The van der Waals surface area contributed by atoms with Crippen LogP contribution in [0.3, 0.4) is 0 Å². The number of nitrogens with zero attached hydrogens (tertiary/aromatic N) is 3. The zero-order chi connectivity index (χ0) is 13.1. The molecule has 1 aromatic rings. The molecule has 2 rings (SSSR count). The van der Waals surface area contributed by atoms with Crippen LogP contribution in [-0.2, 0) is 13.6 Å². The fourth-order valence-electron chi connectivity index (χ4n) is 2.79. The van der Waals surface area contributed by atoms with Crippen molar-refractivity contribution in [1.82, 2.24) is 20.0 Å². The second-order valence-corrected chi connectivity index (χ2v) is 5.50. The molecule has 0 spiro atoms. The van der Waals surface area contributed by atoms with Crippen molar-refractivity contribution in [2.75, 3.05) is 19.6 Å². The van der Waals surface area contributed by atoms with E-state index in [0.717, 1.165) is 18.8 Å². The van der Waals surface area contributed by atoms with E-state index in [4.69, 9.17) is 0 Å². The summed E-state index contributed by atoms with van der Waals surface area (Å²) in [6.07, 6.45) is 2.73. The molecule has 0 aliphatic carbocycles. The second kappa shape index (κ2) is 5.85.